The van der Waals surface area contributed by atoms with Crippen LogP contribution in [-0.2, 0) is 23.4 Å². The number of ether oxygens (including phenoxy) is 1. The van der Waals surface area contributed by atoms with E-state index in [2.05, 4.69) is 5.43 Å². The Bertz CT molecular complexity index is 1120. The summed E-state index contributed by atoms with van der Waals surface area (Å²) in [6.45, 7) is 0.0294. The maximum atomic E-state index is 14.3. The van der Waals surface area contributed by atoms with E-state index in [4.69, 9.17) is 4.74 Å². The van der Waals surface area contributed by atoms with Gasteiger partial charge in [0, 0.05) is 6.42 Å². The molecule has 8 heteroatoms. The van der Waals surface area contributed by atoms with Crippen LogP contribution in [0, 0.1) is 0 Å². The molecular weight excluding hydrogens is 419 g/mol. The topological polar surface area (TPSA) is 54.5 Å². The zero-order valence-corrected chi connectivity index (χ0v) is 16.9. The van der Waals surface area contributed by atoms with Crippen molar-refractivity contribution >= 4 is 11.8 Å². The SMILES string of the molecule is O=C(OCc1ccccc1)N1c2ccccc2CC1N1NC1(c1ccccc1)C(F)(F)F. The lowest BCUT2D eigenvalue weighted by Gasteiger charge is -2.28. The van der Waals surface area contributed by atoms with Gasteiger partial charge in [-0.25, -0.2) is 10.2 Å². The monoisotopic (exact) mass is 439 g/mol. The normalized spacial score (nSPS) is 24.2. The van der Waals surface area contributed by atoms with Gasteiger partial charge in [0.05, 0.1) is 5.69 Å². The average Bonchev–Trinajstić information content (AvgIpc) is 3.47. The van der Waals surface area contributed by atoms with Crippen LogP contribution < -0.4 is 10.3 Å². The third kappa shape index (κ3) is 3.32. The van der Waals surface area contributed by atoms with Crippen LogP contribution in [0.3, 0.4) is 0 Å². The zero-order valence-electron chi connectivity index (χ0n) is 16.9. The second-order valence-corrected chi connectivity index (χ2v) is 7.78. The molecule has 0 bridgehead atoms. The minimum absolute atomic E-state index is 0.0294. The van der Waals surface area contributed by atoms with E-state index in [1.807, 2.05) is 36.4 Å². The second kappa shape index (κ2) is 7.65. The molecule has 32 heavy (non-hydrogen) atoms. The summed E-state index contributed by atoms with van der Waals surface area (Å²) in [4.78, 5) is 14.4. The Balaban J connectivity index is 1.46. The Morgan fingerprint density at radius 2 is 1.59 bits per heavy atom. The first kappa shape index (κ1) is 20.5. The molecule has 0 radical (unpaired) electrons. The first-order valence-electron chi connectivity index (χ1n) is 10.2. The van der Waals surface area contributed by atoms with Gasteiger partial charge in [-0.1, -0.05) is 78.9 Å². The van der Waals surface area contributed by atoms with Gasteiger partial charge in [-0.2, -0.15) is 18.2 Å². The summed E-state index contributed by atoms with van der Waals surface area (Å²) >= 11 is 0. The van der Waals surface area contributed by atoms with Crippen molar-refractivity contribution in [2.45, 2.75) is 31.0 Å². The average molecular weight is 439 g/mol. The molecule has 1 amide bonds. The number of hydrogen-bond acceptors (Lipinski definition) is 4. The molecule has 0 spiro atoms. The lowest BCUT2D eigenvalue weighted by molar-refractivity contribution is -0.177. The summed E-state index contributed by atoms with van der Waals surface area (Å²) in [5, 5.41) is 1.10. The molecule has 3 unspecified atom stereocenters. The zero-order chi connectivity index (χ0) is 22.3. The van der Waals surface area contributed by atoms with E-state index < -0.39 is 24.1 Å². The van der Waals surface area contributed by atoms with Gasteiger partial charge in [0.15, 0.2) is 0 Å². The van der Waals surface area contributed by atoms with Crippen molar-refractivity contribution in [2.24, 2.45) is 0 Å². The van der Waals surface area contributed by atoms with Gasteiger partial charge >= 0.3 is 12.3 Å². The highest BCUT2D eigenvalue weighted by Gasteiger charge is 2.74. The first-order valence-corrected chi connectivity index (χ1v) is 10.2. The van der Waals surface area contributed by atoms with Crippen LogP contribution in [0.2, 0.25) is 0 Å². The fourth-order valence-electron chi connectivity index (χ4n) is 4.28. The number of fused-ring (bicyclic) bond motifs is 1. The predicted molar refractivity (Wildman–Crippen MR) is 112 cm³/mol. The van der Waals surface area contributed by atoms with Crippen molar-refractivity contribution in [3.8, 4) is 0 Å². The number of hydrogen-bond donors (Lipinski definition) is 1. The fraction of sp³-hybridized carbons (Fsp3) is 0.208. The van der Waals surface area contributed by atoms with Crippen LogP contribution in [0.15, 0.2) is 84.9 Å². The Labute approximate surface area is 183 Å². The lowest BCUT2D eigenvalue weighted by atomic mass is 10.0. The third-order valence-corrected chi connectivity index (χ3v) is 5.85. The van der Waals surface area contributed by atoms with Gasteiger partial charge in [0.25, 0.3) is 0 Å². The van der Waals surface area contributed by atoms with E-state index in [-0.39, 0.29) is 18.6 Å². The number of hydrazine groups is 1. The molecule has 3 aromatic rings. The van der Waals surface area contributed by atoms with E-state index in [0.29, 0.717) is 5.69 Å². The van der Waals surface area contributed by atoms with E-state index in [1.54, 1.807) is 36.4 Å². The lowest BCUT2D eigenvalue weighted by Crippen LogP contribution is -2.47. The number of anilines is 1. The van der Waals surface area contributed by atoms with E-state index in [1.165, 1.54) is 17.0 Å². The van der Waals surface area contributed by atoms with Gasteiger partial charge in [-0.3, -0.25) is 4.90 Å². The van der Waals surface area contributed by atoms with Gasteiger partial charge in [-0.05, 0) is 22.8 Å². The minimum Gasteiger partial charge on any atom is -0.444 e. The smallest absolute Gasteiger partial charge is 0.427 e. The van der Waals surface area contributed by atoms with Crippen LogP contribution in [0.5, 0.6) is 0 Å². The summed E-state index contributed by atoms with van der Waals surface area (Å²) in [6, 6.07) is 23.9. The quantitative estimate of drug-likeness (QED) is 0.585. The Hall–Kier alpha value is -3.36. The Morgan fingerprint density at radius 3 is 2.28 bits per heavy atom. The third-order valence-electron chi connectivity index (χ3n) is 5.85. The molecule has 2 aliphatic heterocycles. The summed E-state index contributed by atoms with van der Waals surface area (Å²) in [7, 11) is 0. The number of halogens is 3. The van der Waals surface area contributed by atoms with Crippen LogP contribution in [-0.4, -0.2) is 23.4 Å². The Morgan fingerprint density at radius 1 is 0.969 bits per heavy atom. The van der Waals surface area contributed by atoms with Gasteiger partial charge in [0.1, 0.15) is 12.8 Å². The largest absolute Gasteiger partial charge is 0.444 e. The number of benzene rings is 3. The van der Waals surface area contributed by atoms with Crippen molar-refractivity contribution in [2.75, 3.05) is 4.90 Å². The van der Waals surface area contributed by atoms with Crippen LogP contribution in [0.25, 0.3) is 0 Å². The molecule has 3 atom stereocenters. The number of carbonyl (C=O) groups excluding carboxylic acids is 1. The van der Waals surface area contributed by atoms with Crippen LogP contribution in [0.1, 0.15) is 16.7 Å². The molecule has 2 aliphatic rings. The maximum Gasteiger partial charge on any atom is 0.427 e. The van der Waals surface area contributed by atoms with Gasteiger partial charge in [-0.15, -0.1) is 0 Å². The first-order chi connectivity index (χ1) is 15.4. The van der Waals surface area contributed by atoms with Crippen molar-refractivity contribution in [3.05, 3.63) is 102 Å². The van der Waals surface area contributed by atoms with Gasteiger partial charge < -0.3 is 4.74 Å². The van der Waals surface area contributed by atoms with Crippen molar-refractivity contribution in [1.29, 1.82) is 0 Å². The summed E-state index contributed by atoms with van der Waals surface area (Å²) in [6.07, 6.45) is -5.93. The maximum absolute atomic E-state index is 14.3. The predicted octanol–water partition coefficient (Wildman–Crippen LogP) is 4.95. The molecular formula is C24H20F3N3O2. The molecule has 5 nitrogen and oxygen atoms in total. The molecule has 0 aromatic heterocycles. The Kier molecular flexibility index (Phi) is 4.91. The van der Waals surface area contributed by atoms with Crippen LogP contribution in [0.4, 0.5) is 23.7 Å². The molecule has 1 N–H and O–H groups in total. The molecule has 3 aromatic carbocycles. The van der Waals surface area contributed by atoms with Gasteiger partial charge in [0.2, 0.25) is 5.66 Å². The van der Waals surface area contributed by atoms with E-state index in [0.717, 1.165) is 16.1 Å². The van der Waals surface area contributed by atoms with Crippen molar-refractivity contribution < 1.29 is 22.7 Å². The molecule has 0 saturated carbocycles. The molecule has 164 valence electrons. The molecule has 1 fully saturated rings. The minimum atomic E-state index is -4.59. The number of para-hydroxylation sites is 1. The second-order valence-electron chi connectivity index (χ2n) is 7.78. The number of amides is 1. The summed E-state index contributed by atoms with van der Waals surface area (Å²) < 4.78 is 48.3. The highest BCUT2D eigenvalue weighted by atomic mass is 19.4. The van der Waals surface area contributed by atoms with Crippen LogP contribution >= 0.6 is 0 Å². The van der Waals surface area contributed by atoms with E-state index in [9.17, 15) is 18.0 Å². The summed E-state index contributed by atoms with van der Waals surface area (Å²) in [5.41, 5.74) is 2.37. The highest BCUT2D eigenvalue weighted by molar-refractivity contribution is 5.91. The standard InChI is InChI=1S/C24H20F3N3O2/c25-24(26,27)23(19-12-5-2-6-13-19)28-30(23)21-15-18-11-7-8-14-20(18)29(21)22(31)32-16-17-9-3-1-4-10-17/h1-14,21,28H,15-16H2. The fourth-order valence-corrected chi connectivity index (χ4v) is 4.28. The highest BCUT2D eigenvalue weighted by Crippen LogP contribution is 2.53. The molecule has 0 aliphatic carbocycles. The molecule has 1 saturated heterocycles. The number of nitrogens with one attached hydrogen (secondary N) is 1. The molecule has 2 heterocycles. The van der Waals surface area contributed by atoms with E-state index >= 15 is 0 Å². The number of carbonyl (C=O) groups is 1. The number of rotatable bonds is 4. The number of nitrogens with zero attached hydrogens (tertiary/aromatic N) is 2. The van der Waals surface area contributed by atoms with Crippen molar-refractivity contribution in [3.63, 3.8) is 0 Å². The number of alkyl halides is 3. The summed E-state index contributed by atoms with van der Waals surface area (Å²) in [5.74, 6) is 0. The molecule has 5 rings (SSSR count). The van der Waals surface area contributed by atoms with Crippen molar-refractivity contribution in [1.82, 2.24) is 10.4 Å².